The van der Waals surface area contributed by atoms with E-state index < -0.39 is 10.7 Å². The minimum absolute atomic E-state index is 0.0433. The summed E-state index contributed by atoms with van der Waals surface area (Å²) in [6.45, 7) is 3.80. The number of nitrogens with zero attached hydrogens (tertiary/aromatic N) is 1. The topological polar surface area (TPSA) is 52.4 Å². The number of benzene rings is 1. The van der Waals surface area contributed by atoms with Crippen molar-refractivity contribution in [3.8, 4) is 5.75 Å². The maximum Gasteiger partial charge on any atom is 0.275 e. The molecule has 0 fully saturated rings. The summed E-state index contributed by atoms with van der Waals surface area (Å²) < 4.78 is 18.8. The van der Waals surface area contributed by atoms with E-state index in [0.29, 0.717) is 17.9 Å². The van der Waals surface area contributed by atoms with E-state index in [9.17, 15) is 14.5 Å². The molecule has 0 spiro atoms. The SMILES string of the molecule is Cc1cc(OCC(C)CS)c(F)cc1[N+](=O)[O-]. The summed E-state index contributed by atoms with van der Waals surface area (Å²) in [6.07, 6.45) is 0. The molecule has 0 heterocycles. The Balaban J connectivity index is 2.88. The van der Waals surface area contributed by atoms with Crippen LogP contribution in [0.2, 0.25) is 0 Å². The number of rotatable bonds is 5. The first-order chi connectivity index (χ1) is 7.95. The summed E-state index contributed by atoms with van der Waals surface area (Å²) in [5.74, 6) is 0.150. The Morgan fingerprint density at radius 1 is 1.59 bits per heavy atom. The fourth-order valence-electron chi connectivity index (χ4n) is 1.24. The average Bonchev–Trinajstić information content (AvgIpc) is 2.28. The van der Waals surface area contributed by atoms with Crippen LogP contribution in [-0.4, -0.2) is 17.3 Å². The molecule has 0 aliphatic rings. The van der Waals surface area contributed by atoms with Gasteiger partial charge in [0.2, 0.25) is 0 Å². The Labute approximate surface area is 104 Å². The largest absolute Gasteiger partial charge is 0.490 e. The van der Waals surface area contributed by atoms with E-state index in [-0.39, 0.29) is 17.4 Å². The summed E-state index contributed by atoms with van der Waals surface area (Å²) in [7, 11) is 0. The molecule has 1 aromatic carbocycles. The van der Waals surface area contributed by atoms with Gasteiger partial charge < -0.3 is 4.74 Å². The van der Waals surface area contributed by atoms with Crippen molar-refractivity contribution >= 4 is 18.3 Å². The fourth-order valence-corrected chi connectivity index (χ4v) is 1.34. The second kappa shape index (κ2) is 5.86. The monoisotopic (exact) mass is 259 g/mol. The first-order valence-electron chi connectivity index (χ1n) is 5.14. The Kier molecular flexibility index (Phi) is 4.74. The van der Waals surface area contributed by atoms with Gasteiger partial charge in [0.1, 0.15) is 0 Å². The van der Waals surface area contributed by atoms with Gasteiger partial charge in [-0.1, -0.05) is 6.92 Å². The van der Waals surface area contributed by atoms with Crippen molar-refractivity contribution in [2.24, 2.45) is 5.92 Å². The van der Waals surface area contributed by atoms with E-state index in [4.69, 9.17) is 4.74 Å². The molecule has 0 aliphatic carbocycles. The molecular weight excluding hydrogens is 245 g/mol. The molecule has 1 rings (SSSR count). The quantitative estimate of drug-likeness (QED) is 0.502. The third kappa shape index (κ3) is 3.59. The molecule has 1 unspecified atom stereocenters. The number of thiol groups is 1. The zero-order valence-corrected chi connectivity index (χ0v) is 10.5. The van der Waals surface area contributed by atoms with E-state index >= 15 is 0 Å². The molecule has 4 nitrogen and oxygen atoms in total. The molecule has 94 valence electrons. The first-order valence-corrected chi connectivity index (χ1v) is 5.77. The molecule has 6 heteroatoms. The predicted molar refractivity (Wildman–Crippen MR) is 66.3 cm³/mol. The Morgan fingerprint density at radius 2 is 2.24 bits per heavy atom. The van der Waals surface area contributed by atoms with Gasteiger partial charge in [0.05, 0.1) is 17.6 Å². The summed E-state index contributed by atoms with van der Waals surface area (Å²) >= 11 is 4.09. The first kappa shape index (κ1) is 13.8. The molecule has 0 radical (unpaired) electrons. The van der Waals surface area contributed by atoms with Gasteiger partial charge in [0.15, 0.2) is 11.6 Å². The van der Waals surface area contributed by atoms with Crippen LogP contribution in [0.5, 0.6) is 5.75 Å². The summed E-state index contributed by atoms with van der Waals surface area (Å²) in [6, 6.07) is 2.23. The highest BCUT2D eigenvalue weighted by Crippen LogP contribution is 2.27. The molecule has 0 amide bonds. The zero-order valence-electron chi connectivity index (χ0n) is 9.64. The van der Waals surface area contributed by atoms with Crippen LogP contribution >= 0.6 is 12.6 Å². The number of hydrogen-bond donors (Lipinski definition) is 1. The standard InChI is InChI=1S/C11H14FNO3S/c1-7(6-17)5-16-11-3-8(2)10(13(14)15)4-9(11)12/h3-4,7,17H,5-6H2,1-2H3. The second-order valence-electron chi connectivity index (χ2n) is 3.92. The van der Waals surface area contributed by atoms with E-state index in [2.05, 4.69) is 12.6 Å². The summed E-state index contributed by atoms with van der Waals surface area (Å²) in [5.41, 5.74) is 0.141. The van der Waals surface area contributed by atoms with Crippen LogP contribution in [0.1, 0.15) is 12.5 Å². The number of nitro groups is 1. The lowest BCUT2D eigenvalue weighted by atomic mass is 10.2. The lowest BCUT2D eigenvalue weighted by Gasteiger charge is -2.11. The average molecular weight is 259 g/mol. The lowest BCUT2D eigenvalue weighted by molar-refractivity contribution is -0.385. The van der Waals surface area contributed by atoms with Crippen LogP contribution in [0.3, 0.4) is 0 Å². The Bertz CT molecular complexity index is 425. The van der Waals surface area contributed by atoms with E-state index in [1.807, 2.05) is 6.92 Å². The van der Waals surface area contributed by atoms with Gasteiger partial charge >= 0.3 is 0 Å². The second-order valence-corrected chi connectivity index (χ2v) is 4.29. The van der Waals surface area contributed by atoms with Gasteiger partial charge in [-0.25, -0.2) is 4.39 Å². The van der Waals surface area contributed by atoms with Gasteiger partial charge in [0, 0.05) is 5.56 Å². The van der Waals surface area contributed by atoms with Crippen LogP contribution < -0.4 is 4.74 Å². The number of halogens is 1. The third-order valence-corrected chi connectivity index (χ3v) is 2.91. The van der Waals surface area contributed by atoms with Crippen molar-refractivity contribution in [2.45, 2.75) is 13.8 Å². The van der Waals surface area contributed by atoms with E-state index in [1.54, 1.807) is 6.92 Å². The molecule has 17 heavy (non-hydrogen) atoms. The Morgan fingerprint density at radius 3 is 2.76 bits per heavy atom. The molecule has 0 aliphatic heterocycles. The van der Waals surface area contributed by atoms with Crippen LogP contribution in [0.15, 0.2) is 12.1 Å². The molecule has 0 bridgehead atoms. The van der Waals surface area contributed by atoms with Crippen molar-refractivity contribution in [2.75, 3.05) is 12.4 Å². The van der Waals surface area contributed by atoms with Crippen LogP contribution in [-0.2, 0) is 0 Å². The van der Waals surface area contributed by atoms with Crippen molar-refractivity contribution in [3.63, 3.8) is 0 Å². The number of hydrogen-bond acceptors (Lipinski definition) is 4. The van der Waals surface area contributed by atoms with E-state index in [0.717, 1.165) is 6.07 Å². The van der Waals surface area contributed by atoms with Gasteiger partial charge in [-0.2, -0.15) is 12.6 Å². The summed E-state index contributed by atoms with van der Waals surface area (Å²) in [4.78, 5) is 9.97. The summed E-state index contributed by atoms with van der Waals surface area (Å²) in [5, 5.41) is 10.6. The van der Waals surface area contributed by atoms with Gasteiger partial charge in [-0.3, -0.25) is 10.1 Å². The molecular formula is C11H14FNO3S. The highest BCUT2D eigenvalue weighted by atomic mass is 32.1. The molecule has 0 N–H and O–H groups in total. The zero-order chi connectivity index (χ0) is 13.0. The van der Waals surface area contributed by atoms with Gasteiger partial charge in [-0.15, -0.1) is 0 Å². The molecule has 0 saturated carbocycles. The van der Waals surface area contributed by atoms with Gasteiger partial charge in [-0.05, 0) is 24.7 Å². The molecule has 0 saturated heterocycles. The predicted octanol–water partition coefficient (Wildman–Crippen LogP) is 2.99. The minimum atomic E-state index is -0.714. The smallest absolute Gasteiger partial charge is 0.275 e. The van der Waals surface area contributed by atoms with Crippen molar-refractivity contribution in [1.29, 1.82) is 0 Å². The fraction of sp³-hybridized carbons (Fsp3) is 0.455. The van der Waals surface area contributed by atoms with Crippen molar-refractivity contribution in [1.82, 2.24) is 0 Å². The maximum absolute atomic E-state index is 13.5. The maximum atomic E-state index is 13.5. The van der Waals surface area contributed by atoms with Crippen LogP contribution in [0, 0.1) is 28.8 Å². The van der Waals surface area contributed by atoms with Crippen LogP contribution in [0.25, 0.3) is 0 Å². The van der Waals surface area contributed by atoms with E-state index in [1.165, 1.54) is 6.07 Å². The normalized spacial score (nSPS) is 12.2. The highest BCUT2D eigenvalue weighted by Gasteiger charge is 2.16. The highest BCUT2D eigenvalue weighted by molar-refractivity contribution is 7.80. The number of nitro benzene ring substituents is 1. The molecule has 1 aromatic rings. The lowest BCUT2D eigenvalue weighted by Crippen LogP contribution is -2.10. The molecule has 0 aromatic heterocycles. The molecule has 1 atom stereocenters. The van der Waals surface area contributed by atoms with Crippen LogP contribution in [0.4, 0.5) is 10.1 Å². The van der Waals surface area contributed by atoms with Crippen molar-refractivity contribution in [3.05, 3.63) is 33.6 Å². The van der Waals surface area contributed by atoms with Gasteiger partial charge in [0.25, 0.3) is 5.69 Å². The number of aryl methyl sites for hydroxylation is 1. The van der Waals surface area contributed by atoms with Crippen molar-refractivity contribution < 1.29 is 14.1 Å². The minimum Gasteiger partial charge on any atom is -0.490 e. The third-order valence-electron chi connectivity index (χ3n) is 2.28. The number of ether oxygens (including phenoxy) is 1. The Hall–Kier alpha value is -1.30.